The van der Waals surface area contributed by atoms with Crippen molar-refractivity contribution in [3.63, 3.8) is 0 Å². The topological polar surface area (TPSA) is 89.1 Å². The number of likely N-dealkylation sites (tertiary alicyclic amines) is 1. The molecule has 1 N–H and O–H groups in total. The predicted octanol–water partition coefficient (Wildman–Crippen LogP) is 0.657. The molecule has 2 aromatic heterocycles. The number of carbonyl (C=O) groups excluding carboxylic acids is 1. The van der Waals surface area contributed by atoms with Crippen molar-refractivity contribution in [2.24, 2.45) is 7.05 Å². The highest BCUT2D eigenvalue weighted by molar-refractivity contribution is 5.74. The number of hydrogen-bond acceptors (Lipinski definition) is 6. The second kappa shape index (κ2) is 5.77. The minimum Gasteiger partial charge on any atom is -0.341 e. The van der Waals surface area contributed by atoms with Crippen molar-refractivity contribution in [2.75, 3.05) is 13.1 Å². The Balaban J connectivity index is 1.80. The monoisotopic (exact) mass is 318 g/mol. The zero-order valence-electron chi connectivity index (χ0n) is 14.0. The number of aryl methyl sites for hydroxylation is 3. The molecule has 0 saturated carbocycles. The number of carbonyl (C=O) groups is 1. The Hall–Kier alpha value is -2.22. The van der Waals surface area contributed by atoms with E-state index in [1.807, 2.05) is 24.9 Å². The molecule has 8 heteroatoms. The summed E-state index contributed by atoms with van der Waals surface area (Å²) >= 11 is 0. The van der Waals surface area contributed by atoms with Crippen LogP contribution < -0.4 is 5.32 Å². The van der Waals surface area contributed by atoms with Crippen LogP contribution >= 0.6 is 0 Å². The third-order valence-electron chi connectivity index (χ3n) is 4.21. The van der Waals surface area contributed by atoms with Crippen molar-refractivity contribution in [3.8, 4) is 0 Å². The van der Waals surface area contributed by atoms with Gasteiger partial charge in [0.25, 0.3) is 5.89 Å². The van der Waals surface area contributed by atoms with E-state index < -0.39 is 5.54 Å². The molecule has 1 fully saturated rings. The fraction of sp³-hybridized carbons (Fsp3) is 0.600. The van der Waals surface area contributed by atoms with Crippen LogP contribution in [0.1, 0.15) is 36.3 Å². The first kappa shape index (κ1) is 15.7. The Bertz CT molecular complexity index is 721. The molecule has 23 heavy (non-hydrogen) atoms. The first-order chi connectivity index (χ1) is 10.9. The number of rotatable bonds is 4. The molecule has 1 amide bonds. The highest BCUT2D eigenvalue weighted by atomic mass is 16.5. The normalized spacial score (nSPS) is 21.7. The maximum absolute atomic E-state index is 11.7. The Labute approximate surface area is 134 Å². The first-order valence-electron chi connectivity index (χ1n) is 7.69. The third kappa shape index (κ3) is 3.12. The van der Waals surface area contributed by atoms with Crippen LogP contribution in [0.2, 0.25) is 0 Å². The molecule has 124 valence electrons. The van der Waals surface area contributed by atoms with Gasteiger partial charge in [0.15, 0.2) is 5.82 Å². The molecular formula is C15H22N6O2. The van der Waals surface area contributed by atoms with Crippen molar-refractivity contribution < 1.29 is 9.32 Å². The fourth-order valence-electron chi connectivity index (χ4n) is 3.23. The van der Waals surface area contributed by atoms with Gasteiger partial charge < -0.3 is 9.84 Å². The summed E-state index contributed by atoms with van der Waals surface area (Å²) in [6.07, 6.45) is 2.78. The van der Waals surface area contributed by atoms with Gasteiger partial charge in [-0.3, -0.25) is 14.4 Å². The Morgan fingerprint density at radius 2 is 2.26 bits per heavy atom. The van der Waals surface area contributed by atoms with Gasteiger partial charge in [-0.05, 0) is 20.3 Å². The molecule has 1 saturated heterocycles. The lowest BCUT2D eigenvalue weighted by Crippen LogP contribution is -2.47. The summed E-state index contributed by atoms with van der Waals surface area (Å²) in [4.78, 5) is 18.3. The Morgan fingerprint density at radius 1 is 1.48 bits per heavy atom. The Kier molecular flexibility index (Phi) is 3.93. The number of nitrogens with zero attached hydrogens (tertiary/aromatic N) is 5. The molecular weight excluding hydrogens is 296 g/mol. The van der Waals surface area contributed by atoms with Gasteiger partial charge in [-0.2, -0.15) is 10.1 Å². The molecule has 1 aliphatic rings. The lowest BCUT2D eigenvalue weighted by molar-refractivity contribution is -0.121. The number of hydrogen-bond donors (Lipinski definition) is 1. The van der Waals surface area contributed by atoms with Gasteiger partial charge in [-0.15, -0.1) is 0 Å². The highest BCUT2D eigenvalue weighted by Crippen LogP contribution is 2.32. The molecule has 1 atom stereocenters. The van der Waals surface area contributed by atoms with Crippen LogP contribution in [0.3, 0.4) is 0 Å². The summed E-state index contributed by atoms with van der Waals surface area (Å²) in [5.41, 5.74) is 1.61. The standard InChI is InChI=1S/C15H22N6O2/c1-10-13(7-20(4)18-10)8-21-6-5-15(9-21,17-12(3)22)14-16-11(2)19-23-14/h7H,5-6,8-9H2,1-4H3,(H,17,22). The van der Waals surface area contributed by atoms with Crippen LogP contribution in [0.15, 0.2) is 10.7 Å². The summed E-state index contributed by atoms with van der Waals surface area (Å²) in [6, 6.07) is 0. The van der Waals surface area contributed by atoms with E-state index in [2.05, 4.69) is 25.5 Å². The quantitative estimate of drug-likeness (QED) is 0.891. The van der Waals surface area contributed by atoms with E-state index in [1.54, 1.807) is 6.92 Å². The molecule has 0 bridgehead atoms. The van der Waals surface area contributed by atoms with Gasteiger partial charge in [0, 0.05) is 45.4 Å². The number of nitrogens with one attached hydrogen (secondary N) is 1. The molecule has 0 aromatic carbocycles. The zero-order valence-corrected chi connectivity index (χ0v) is 14.0. The number of amides is 1. The molecule has 0 aliphatic carbocycles. The molecule has 1 unspecified atom stereocenters. The van der Waals surface area contributed by atoms with Crippen LogP contribution in [-0.4, -0.2) is 43.8 Å². The minimum absolute atomic E-state index is 0.0970. The zero-order chi connectivity index (χ0) is 16.6. The highest BCUT2D eigenvalue weighted by Gasteiger charge is 2.45. The summed E-state index contributed by atoms with van der Waals surface area (Å²) in [5, 5.41) is 11.3. The van der Waals surface area contributed by atoms with Gasteiger partial charge in [-0.1, -0.05) is 5.16 Å². The average molecular weight is 318 g/mol. The van der Waals surface area contributed by atoms with E-state index in [9.17, 15) is 4.79 Å². The maximum Gasteiger partial charge on any atom is 0.253 e. The fourth-order valence-corrected chi connectivity index (χ4v) is 3.23. The van der Waals surface area contributed by atoms with E-state index in [4.69, 9.17) is 4.52 Å². The lowest BCUT2D eigenvalue weighted by Gasteiger charge is -2.26. The van der Waals surface area contributed by atoms with Crippen LogP contribution in [0.5, 0.6) is 0 Å². The van der Waals surface area contributed by atoms with Gasteiger partial charge in [0.1, 0.15) is 5.54 Å². The van der Waals surface area contributed by atoms with E-state index >= 15 is 0 Å². The van der Waals surface area contributed by atoms with E-state index in [0.717, 1.165) is 25.2 Å². The molecule has 2 aromatic rings. The SMILES string of the molecule is CC(=O)NC1(c2nc(C)no2)CCN(Cc2cn(C)nc2C)C1. The second-order valence-corrected chi connectivity index (χ2v) is 6.28. The van der Waals surface area contributed by atoms with Crippen molar-refractivity contribution in [1.82, 2.24) is 30.1 Å². The predicted molar refractivity (Wildman–Crippen MR) is 82.4 cm³/mol. The second-order valence-electron chi connectivity index (χ2n) is 6.28. The summed E-state index contributed by atoms with van der Waals surface area (Å²) in [5.74, 6) is 0.960. The lowest BCUT2D eigenvalue weighted by atomic mass is 9.98. The molecule has 8 nitrogen and oxygen atoms in total. The van der Waals surface area contributed by atoms with Gasteiger partial charge >= 0.3 is 0 Å². The number of aromatic nitrogens is 4. The molecule has 0 spiro atoms. The van der Waals surface area contributed by atoms with Gasteiger partial charge in [-0.25, -0.2) is 0 Å². The molecule has 3 rings (SSSR count). The van der Waals surface area contributed by atoms with Crippen molar-refractivity contribution in [3.05, 3.63) is 29.2 Å². The third-order valence-corrected chi connectivity index (χ3v) is 4.21. The largest absolute Gasteiger partial charge is 0.341 e. The minimum atomic E-state index is -0.608. The summed E-state index contributed by atoms with van der Waals surface area (Å²) < 4.78 is 7.18. The first-order valence-corrected chi connectivity index (χ1v) is 7.69. The van der Waals surface area contributed by atoms with Crippen molar-refractivity contribution >= 4 is 5.91 Å². The average Bonchev–Trinajstić information content (AvgIpc) is 3.12. The van der Waals surface area contributed by atoms with E-state index in [-0.39, 0.29) is 5.91 Å². The molecule has 3 heterocycles. The van der Waals surface area contributed by atoms with Gasteiger partial charge in [0.05, 0.1) is 5.69 Å². The van der Waals surface area contributed by atoms with E-state index in [0.29, 0.717) is 18.3 Å². The van der Waals surface area contributed by atoms with Crippen LogP contribution in [-0.2, 0) is 23.9 Å². The van der Waals surface area contributed by atoms with E-state index in [1.165, 1.54) is 12.5 Å². The van der Waals surface area contributed by atoms with Crippen LogP contribution in [0.25, 0.3) is 0 Å². The molecule has 1 aliphatic heterocycles. The molecule has 0 radical (unpaired) electrons. The summed E-state index contributed by atoms with van der Waals surface area (Å²) in [7, 11) is 1.92. The summed E-state index contributed by atoms with van der Waals surface area (Å²) in [6.45, 7) is 7.57. The maximum atomic E-state index is 11.7. The van der Waals surface area contributed by atoms with Crippen molar-refractivity contribution in [1.29, 1.82) is 0 Å². The van der Waals surface area contributed by atoms with Crippen LogP contribution in [0.4, 0.5) is 0 Å². The van der Waals surface area contributed by atoms with Crippen molar-refractivity contribution in [2.45, 2.75) is 39.3 Å². The van der Waals surface area contributed by atoms with Crippen LogP contribution in [0, 0.1) is 13.8 Å². The Morgan fingerprint density at radius 3 is 2.83 bits per heavy atom. The smallest absolute Gasteiger partial charge is 0.253 e. The van der Waals surface area contributed by atoms with Gasteiger partial charge in [0.2, 0.25) is 5.91 Å².